The highest BCUT2D eigenvalue weighted by molar-refractivity contribution is 7.89. The van der Waals surface area contributed by atoms with E-state index in [1.165, 1.54) is 12.3 Å². The second-order valence-electron chi connectivity index (χ2n) is 6.76. The van der Waals surface area contributed by atoms with Crippen LogP contribution in [0.1, 0.15) is 28.1 Å². The van der Waals surface area contributed by atoms with Gasteiger partial charge in [0.1, 0.15) is 5.76 Å². The number of fused-ring (bicyclic) bond motifs is 1. The molecule has 1 aliphatic heterocycles. The van der Waals surface area contributed by atoms with Crippen LogP contribution in [0.3, 0.4) is 0 Å². The molecule has 0 spiro atoms. The van der Waals surface area contributed by atoms with Gasteiger partial charge in [0.25, 0.3) is 5.91 Å². The molecule has 29 heavy (non-hydrogen) atoms. The lowest BCUT2D eigenvalue weighted by molar-refractivity contribution is 0.0985. The number of sulfonamides is 1. The third-order valence-corrected chi connectivity index (χ3v) is 6.48. The van der Waals surface area contributed by atoms with Gasteiger partial charge in [-0.15, -0.1) is 0 Å². The molecule has 1 amide bonds. The second-order valence-corrected chi connectivity index (χ2v) is 8.97. The Morgan fingerprint density at radius 1 is 1.14 bits per heavy atom. The molecule has 2 heterocycles. The Hall–Kier alpha value is -2.61. The molecule has 0 atom stereocenters. The molecule has 0 radical (unpaired) electrons. The normalized spacial score (nSPS) is 13.9. The first-order chi connectivity index (χ1) is 13.9. The van der Waals surface area contributed by atoms with Gasteiger partial charge in [0.15, 0.2) is 0 Å². The number of carbonyl (C=O) groups excluding carboxylic acids is 1. The molecule has 6 nitrogen and oxygen atoms in total. The predicted octanol–water partition coefficient (Wildman–Crippen LogP) is 4.00. The lowest BCUT2D eigenvalue weighted by Crippen LogP contribution is -2.35. The molecule has 0 bridgehead atoms. The van der Waals surface area contributed by atoms with Crippen LogP contribution in [0.25, 0.3) is 0 Å². The number of aryl methyl sites for hydroxylation is 1. The van der Waals surface area contributed by atoms with E-state index in [1.807, 2.05) is 0 Å². The Bertz CT molecular complexity index is 1130. The molecule has 150 valence electrons. The highest BCUT2D eigenvalue weighted by Gasteiger charge is 2.25. The number of carbonyl (C=O) groups is 1. The minimum Gasteiger partial charge on any atom is -0.468 e. The number of nitrogens with zero attached hydrogens (tertiary/aromatic N) is 1. The summed E-state index contributed by atoms with van der Waals surface area (Å²) in [4.78, 5) is 14.8. The first kappa shape index (κ1) is 19.7. The molecule has 1 aromatic heterocycles. The van der Waals surface area contributed by atoms with Crippen LogP contribution in [-0.4, -0.2) is 20.9 Å². The van der Waals surface area contributed by atoms with Crippen molar-refractivity contribution in [2.45, 2.75) is 24.3 Å². The summed E-state index contributed by atoms with van der Waals surface area (Å²) >= 11 is 5.91. The van der Waals surface area contributed by atoms with Crippen molar-refractivity contribution in [3.63, 3.8) is 0 Å². The number of halogens is 1. The summed E-state index contributed by atoms with van der Waals surface area (Å²) in [6, 6.07) is 15.0. The van der Waals surface area contributed by atoms with E-state index in [0.29, 0.717) is 29.3 Å². The van der Waals surface area contributed by atoms with Crippen molar-refractivity contribution >= 4 is 33.2 Å². The summed E-state index contributed by atoms with van der Waals surface area (Å²) in [5, 5.41) is 0.567. The van der Waals surface area contributed by atoms with Crippen LogP contribution in [-0.2, 0) is 23.0 Å². The molecule has 1 N–H and O–H groups in total. The average molecular weight is 431 g/mol. The molecule has 1 aliphatic rings. The van der Waals surface area contributed by atoms with Gasteiger partial charge in [-0.1, -0.05) is 11.6 Å². The summed E-state index contributed by atoms with van der Waals surface area (Å²) in [6.07, 6.45) is 2.96. The van der Waals surface area contributed by atoms with E-state index in [1.54, 1.807) is 53.4 Å². The Kier molecular flexibility index (Phi) is 5.45. The molecular weight excluding hydrogens is 412 g/mol. The molecule has 2 aromatic carbocycles. The van der Waals surface area contributed by atoms with E-state index in [-0.39, 0.29) is 17.3 Å². The van der Waals surface area contributed by atoms with Crippen molar-refractivity contribution in [3.8, 4) is 0 Å². The first-order valence-corrected chi connectivity index (χ1v) is 11.0. The monoisotopic (exact) mass is 430 g/mol. The third kappa shape index (κ3) is 4.22. The molecule has 0 fully saturated rings. The van der Waals surface area contributed by atoms with Crippen molar-refractivity contribution in [3.05, 3.63) is 82.8 Å². The Morgan fingerprint density at radius 2 is 1.93 bits per heavy atom. The van der Waals surface area contributed by atoms with Gasteiger partial charge in [0, 0.05) is 22.8 Å². The van der Waals surface area contributed by atoms with Crippen LogP contribution in [0.4, 0.5) is 5.69 Å². The third-order valence-electron chi connectivity index (χ3n) is 4.83. The van der Waals surface area contributed by atoms with Crippen LogP contribution in [0.2, 0.25) is 5.02 Å². The number of amides is 1. The highest BCUT2D eigenvalue weighted by atomic mass is 35.5. The fraction of sp³-hybridized carbons (Fsp3) is 0.190. The minimum atomic E-state index is -3.69. The summed E-state index contributed by atoms with van der Waals surface area (Å²) in [7, 11) is -3.69. The van der Waals surface area contributed by atoms with Crippen LogP contribution in [0.5, 0.6) is 0 Å². The summed E-state index contributed by atoms with van der Waals surface area (Å²) in [5.74, 6) is 0.403. The zero-order valence-electron chi connectivity index (χ0n) is 15.5. The number of anilines is 1. The van der Waals surface area contributed by atoms with Gasteiger partial charge in [0.2, 0.25) is 10.0 Å². The number of nitrogens with one attached hydrogen (secondary N) is 1. The maximum Gasteiger partial charge on any atom is 0.258 e. The van der Waals surface area contributed by atoms with Crippen molar-refractivity contribution in [2.75, 3.05) is 11.4 Å². The lowest BCUT2D eigenvalue weighted by Gasteiger charge is -2.30. The minimum absolute atomic E-state index is 0.0770. The fourth-order valence-corrected chi connectivity index (χ4v) is 4.53. The topological polar surface area (TPSA) is 79.6 Å². The van der Waals surface area contributed by atoms with Crippen molar-refractivity contribution < 1.29 is 17.6 Å². The molecule has 8 heteroatoms. The largest absolute Gasteiger partial charge is 0.468 e. The maximum absolute atomic E-state index is 12.9. The first-order valence-electron chi connectivity index (χ1n) is 9.16. The molecule has 0 aliphatic carbocycles. The van der Waals surface area contributed by atoms with E-state index in [9.17, 15) is 13.2 Å². The Labute approximate surface area is 174 Å². The van der Waals surface area contributed by atoms with Crippen LogP contribution >= 0.6 is 11.6 Å². The van der Waals surface area contributed by atoms with E-state index in [2.05, 4.69) is 4.72 Å². The lowest BCUT2D eigenvalue weighted by atomic mass is 10.0. The summed E-state index contributed by atoms with van der Waals surface area (Å²) < 4.78 is 33.0. The molecule has 4 rings (SSSR count). The van der Waals surface area contributed by atoms with Crippen molar-refractivity contribution in [2.24, 2.45) is 0 Å². The van der Waals surface area contributed by atoms with Gasteiger partial charge >= 0.3 is 0 Å². The van der Waals surface area contributed by atoms with Gasteiger partial charge in [-0.05, 0) is 73.0 Å². The predicted molar refractivity (Wildman–Crippen MR) is 111 cm³/mol. The molecule has 0 saturated heterocycles. The standard InChI is InChI=1S/C21H19ClN2O4S/c22-17-7-5-15(6-8-17)21(25)24-11-1-3-16-13-19(9-10-20(16)24)29(26,27)23-14-18-4-2-12-28-18/h2,4-10,12-13,23H,1,3,11,14H2. The maximum atomic E-state index is 12.9. The average Bonchev–Trinajstić information content (AvgIpc) is 3.25. The van der Waals surface area contributed by atoms with Crippen LogP contribution < -0.4 is 9.62 Å². The van der Waals surface area contributed by atoms with Gasteiger partial charge in [-0.25, -0.2) is 13.1 Å². The van der Waals surface area contributed by atoms with Gasteiger partial charge in [-0.3, -0.25) is 4.79 Å². The smallest absolute Gasteiger partial charge is 0.258 e. The van der Waals surface area contributed by atoms with E-state index in [0.717, 1.165) is 17.7 Å². The SMILES string of the molecule is O=C(c1ccc(Cl)cc1)N1CCCc2cc(S(=O)(=O)NCc3ccco3)ccc21. The van der Waals surface area contributed by atoms with Crippen molar-refractivity contribution in [1.29, 1.82) is 0 Å². The van der Waals surface area contributed by atoms with E-state index in [4.69, 9.17) is 16.0 Å². The quantitative estimate of drug-likeness (QED) is 0.663. The number of furan rings is 1. The zero-order valence-corrected chi connectivity index (χ0v) is 17.0. The van der Waals surface area contributed by atoms with Gasteiger partial charge in [-0.2, -0.15) is 0 Å². The van der Waals surface area contributed by atoms with Crippen LogP contribution in [0, 0.1) is 0 Å². The summed E-state index contributed by atoms with van der Waals surface area (Å²) in [5.41, 5.74) is 2.11. The molecule has 0 saturated carbocycles. The van der Waals surface area contributed by atoms with Gasteiger partial charge < -0.3 is 9.32 Å². The zero-order chi connectivity index (χ0) is 20.4. The Morgan fingerprint density at radius 3 is 2.66 bits per heavy atom. The van der Waals surface area contributed by atoms with Gasteiger partial charge in [0.05, 0.1) is 17.7 Å². The molecule has 3 aromatic rings. The number of benzene rings is 2. The van der Waals surface area contributed by atoms with E-state index >= 15 is 0 Å². The summed E-state index contributed by atoms with van der Waals surface area (Å²) in [6.45, 7) is 0.658. The van der Waals surface area contributed by atoms with Crippen LogP contribution in [0.15, 0.2) is 70.2 Å². The number of hydrogen-bond donors (Lipinski definition) is 1. The molecule has 0 unspecified atom stereocenters. The highest BCUT2D eigenvalue weighted by Crippen LogP contribution is 2.31. The van der Waals surface area contributed by atoms with E-state index < -0.39 is 10.0 Å². The fourth-order valence-electron chi connectivity index (χ4n) is 3.36. The number of hydrogen-bond acceptors (Lipinski definition) is 4. The second kappa shape index (κ2) is 8.02. The molecular formula is C21H19ClN2O4S. The number of rotatable bonds is 5. The van der Waals surface area contributed by atoms with Crippen molar-refractivity contribution in [1.82, 2.24) is 4.72 Å². The Balaban J connectivity index is 1.58.